The number of aliphatic hydroxyl groups excluding tert-OH is 1. The predicted molar refractivity (Wildman–Crippen MR) is 119 cm³/mol. The van der Waals surface area contributed by atoms with Crippen molar-refractivity contribution in [2.24, 2.45) is 0 Å². The molecule has 0 fully saturated rings. The highest BCUT2D eigenvalue weighted by atomic mass is 35.5. The molecular formula is C25H27ClFNO2. The maximum Gasteiger partial charge on any atom is 0.126 e. The van der Waals surface area contributed by atoms with Crippen molar-refractivity contribution in [3.8, 4) is 5.75 Å². The summed E-state index contributed by atoms with van der Waals surface area (Å²) in [5.41, 5.74) is 3.29. The lowest BCUT2D eigenvalue weighted by atomic mass is 9.98. The lowest BCUT2D eigenvalue weighted by Gasteiger charge is -2.33. The molecule has 0 aromatic heterocycles. The van der Waals surface area contributed by atoms with E-state index >= 15 is 0 Å². The molecule has 0 saturated heterocycles. The summed E-state index contributed by atoms with van der Waals surface area (Å²) in [6, 6.07) is 25.2. The fourth-order valence-electron chi connectivity index (χ4n) is 3.90. The van der Waals surface area contributed by atoms with Crippen LogP contribution in [-0.4, -0.2) is 28.8 Å². The van der Waals surface area contributed by atoms with Gasteiger partial charge in [-0.25, -0.2) is 4.39 Å². The van der Waals surface area contributed by atoms with Crippen molar-refractivity contribution >= 4 is 12.4 Å². The highest BCUT2D eigenvalue weighted by Gasteiger charge is 2.28. The van der Waals surface area contributed by atoms with E-state index in [1.807, 2.05) is 36.4 Å². The highest BCUT2D eigenvalue weighted by molar-refractivity contribution is 5.85. The monoisotopic (exact) mass is 427 g/mol. The summed E-state index contributed by atoms with van der Waals surface area (Å²) in [6.45, 7) is 2.01. The molecule has 2 atom stereocenters. The Bertz CT molecular complexity index is 881. The van der Waals surface area contributed by atoms with Crippen molar-refractivity contribution in [1.82, 2.24) is 4.90 Å². The van der Waals surface area contributed by atoms with Crippen molar-refractivity contribution in [3.63, 3.8) is 0 Å². The standard InChI is InChI=1S/C25H26FNO2.ClH/c26-22-12-14-24-21(15-22)11-13-25(29-24)23(28)18-27(16-19-7-3-1-4-8-19)17-20-9-5-2-6-10-20;/h1-10,12,14-15,23,25,28H,11,13,16-18H2;1H/t23-,25+;/m0./s1. The molecule has 3 aromatic rings. The predicted octanol–water partition coefficient (Wildman–Crippen LogP) is 5.00. The second kappa shape index (κ2) is 10.6. The molecule has 30 heavy (non-hydrogen) atoms. The van der Waals surface area contributed by atoms with Crippen LogP contribution in [0.3, 0.4) is 0 Å². The van der Waals surface area contributed by atoms with E-state index in [2.05, 4.69) is 29.2 Å². The Kier molecular flexibility index (Phi) is 7.86. The van der Waals surface area contributed by atoms with Crippen LogP contribution in [-0.2, 0) is 19.5 Å². The fraction of sp³-hybridized carbons (Fsp3) is 0.280. The quantitative estimate of drug-likeness (QED) is 0.575. The van der Waals surface area contributed by atoms with E-state index in [1.165, 1.54) is 23.3 Å². The summed E-state index contributed by atoms with van der Waals surface area (Å²) in [7, 11) is 0. The van der Waals surface area contributed by atoms with Crippen molar-refractivity contribution in [2.45, 2.75) is 38.1 Å². The molecule has 1 heterocycles. The third-order valence-electron chi connectivity index (χ3n) is 5.37. The number of nitrogens with zero attached hydrogens (tertiary/aromatic N) is 1. The number of aryl methyl sites for hydroxylation is 1. The van der Waals surface area contributed by atoms with Gasteiger partial charge in [0.05, 0.1) is 0 Å². The number of aliphatic hydroxyl groups is 1. The van der Waals surface area contributed by atoms with Gasteiger partial charge in [-0.2, -0.15) is 0 Å². The van der Waals surface area contributed by atoms with Gasteiger partial charge in [-0.15, -0.1) is 12.4 Å². The van der Waals surface area contributed by atoms with Crippen molar-refractivity contribution < 1.29 is 14.2 Å². The zero-order chi connectivity index (χ0) is 20.1. The van der Waals surface area contributed by atoms with Crippen LogP contribution >= 0.6 is 12.4 Å². The zero-order valence-electron chi connectivity index (χ0n) is 16.8. The number of hydrogen-bond donors (Lipinski definition) is 1. The Morgan fingerprint density at radius 2 is 1.53 bits per heavy atom. The second-order valence-corrected chi connectivity index (χ2v) is 7.66. The van der Waals surface area contributed by atoms with Crippen molar-refractivity contribution in [1.29, 1.82) is 0 Å². The van der Waals surface area contributed by atoms with E-state index < -0.39 is 6.10 Å². The first-order chi connectivity index (χ1) is 14.2. The molecule has 3 aromatic carbocycles. The Hall–Kier alpha value is -2.40. The number of ether oxygens (including phenoxy) is 1. The number of fused-ring (bicyclic) bond motifs is 1. The summed E-state index contributed by atoms with van der Waals surface area (Å²) < 4.78 is 19.4. The Morgan fingerprint density at radius 3 is 2.13 bits per heavy atom. The van der Waals surface area contributed by atoms with Gasteiger partial charge in [-0.3, -0.25) is 4.90 Å². The van der Waals surface area contributed by atoms with E-state index in [0.717, 1.165) is 18.7 Å². The first-order valence-corrected chi connectivity index (χ1v) is 10.1. The van der Waals surface area contributed by atoms with Gasteiger partial charge in [-0.1, -0.05) is 60.7 Å². The lowest BCUT2D eigenvalue weighted by Crippen LogP contribution is -2.43. The molecule has 0 spiro atoms. The summed E-state index contributed by atoms with van der Waals surface area (Å²) in [6.07, 6.45) is 0.483. The SMILES string of the molecule is Cl.O[C@@H](CN(Cc1ccccc1)Cc1ccccc1)[C@H]1CCc2cc(F)ccc2O1. The van der Waals surface area contributed by atoms with E-state index in [0.29, 0.717) is 25.1 Å². The van der Waals surface area contributed by atoms with E-state index in [1.54, 1.807) is 6.07 Å². The molecule has 0 amide bonds. The number of benzene rings is 3. The van der Waals surface area contributed by atoms with Crippen molar-refractivity contribution in [2.75, 3.05) is 6.54 Å². The van der Waals surface area contributed by atoms with Crippen molar-refractivity contribution in [3.05, 3.63) is 101 Å². The van der Waals surface area contributed by atoms with Crippen LogP contribution in [0.15, 0.2) is 78.9 Å². The van der Waals surface area contributed by atoms with E-state index in [4.69, 9.17) is 4.74 Å². The minimum atomic E-state index is -0.624. The van der Waals surface area contributed by atoms with Gasteiger partial charge in [-0.05, 0) is 47.7 Å². The number of hydrogen-bond acceptors (Lipinski definition) is 3. The minimum Gasteiger partial charge on any atom is -0.487 e. The molecule has 0 bridgehead atoms. The topological polar surface area (TPSA) is 32.7 Å². The van der Waals surface area contributed by atoms with Crippen LogP contribution < -0.4 is 4.74 Å². The van der Waals surface area contributed by atoms with Crippen LogP contribution in [0.1, 0.15) is 23.1 Å². The van der Waals surface area contributed by atoms with Crippen LogP contribution in [0, 0.1) is 5.82 Å². The molecule has 0 unspecified atom stereocenters. The van der Waals surface area contributed by atoms with Crippen LogP contribution in [0.2, 0.25) is 0 Å². The smallest absolute Gasteiger partial charge is 0.126 e. The molecule has 1 N–H and O–H groups in total. The van der Waals surface area contributed by atoms with Gasteiger partial charge in [0.1, 0.15) is 23.8 Å². The van der Waals surface area contributed by atoms with Gasteiger partial charge in [0.15, 0.2) is 0 Å². The highest BCUT2D eigenvalue weighted by Crippen LogP contribution is 2.29. The Balaban J connectivity index is 0.00000256. The molecule has 1 aliphatic rings. The molecule has 3 nitrogen and oxygen atoms in total. The summed E-state index contributed by atoms with van der Waals surface area (Å²) in [5, 5.41) is 10.9. The molecule has 4 rings (SSSR count). The average Bonchev–Trinajstić information content (AvgIpc) is 2.74. The maximum absolute atomic E-state index is 13.4. The molecule has 0 saturated carbocycles. The van der Waals surface area contributed by atoms with Gasteiger partial charge in [0, 0.05) is 19.6 Å². The molecule has 0 radical (unpaired) electrons. The molecule has 5 heteroatoms. The largest absolute Gasteiger partial charge is 0.487 e. The first-order valence-electron chi connectivity index (χ1n) is 10.1. The fourth-order valence-corrected chi connectivity index (χ4v) is 3.90. The minimum absolute atomic E-state index is 0. The first kappa shape index (κ1) is 22.3. The normalized spacial score (nSPS) is 16.3. The summed E-state index contributed by atoms with van der Waals surface area (Å²) in [4.78, 5) is 2.25. The lowest BCUT2D eigenvalue weighted by molar-refractivity contribution is -0.00136. The molecular weight excluding hydrogens is 401 g/mol. The number of rotatable bonds is 7. The molecule has 158 valence electrons. The van der Waals surface area contributed by atoms with E-state index in [9.17, 15) is 9.50 Å². The third-order valence-corrected chi connectivity index (χ3v) is 5.37. The van der Waals surface area contributed by atoms with E-state index in [-0.39, 0.29) is 24.3 Å². The molecule has 0 aliphatic carbocycles. The summed E-state index contributed by atoms with van der Waals surface area (Å²) in [5.74, 6) is 0.433. The van der Waals surface area contributed by atoms with Crippen LogP contribution in [0.5, 0.6) is 5.75 Å². The van der Waals surface area contributed by atoms with Gasteiger partial charge in [0.2, 0.25) is 0 Å². The number of halogens is 2. The van der Waals surface area contributed by atoms with Gasteiger partial charge in [0.25, 0.3) is 0 Å². The summed E-state index contributed by atoms with van der Waals surface area (Å²) >= 11 is 0. The van der Waals surface area contributed by atoms with Crippen LogP contribution in [0.4, 0.5) is 4.39 Å². The Labute approximate surface area is 183 Å². The third kappa shape index (κ3) is 5.82. The Morgan fingerprint density at radius 1 is 0.933 bits per heavy atom. The maximum atomic E-state index is 13.4. The van der Waals surface area contributed by atoms with Gasteiger partial charge >= 0.3 is 0 Å². The van der Waals surface area contributed by atoms with Gasteiger partial charge < -0.3 is 9.84 Å². The zero-order valence-corrected chi connectivity index (χ0v) is 17.6. The average molecular weight is 428 g/mol. The van der Waals surface area contributed by atoms with Crippen LogP contribution in [0.25, 0.3) is 0 Å². The second-order valence-electron chi connectivity index (χ2n) is 7.66. The molecule has 1 aliphatic heterocycles.